The van der Waals surface area contributed by atoms with Crippen LogP contribution >= 0.6 is 0 Å². The van der Waals surface area contributed by atoms with Crippen molar-refractivity contribution in [1.29, 1.82) is 0 Å². The first-order valence-electron chi connectivity index (χ1n) is 7.22. The highest BCUT2D eigenvalue weighted by Crippen LogP contribution is 2.27. The summed E-state index contributed by atoms with van der Waals surface area (Å²) in [4.78, 5) is 2.58. The van der Waals surface area contributed by atoms with Gasteiger partial charge in [-0.2, -0.15) is 0 Å². The van der Waals surface area contributed by atoms with Gasteiger partial charge in [-0.25, -0.2) is 0 Å². The molecule has 0 bridgehead atoms. The average molecular weight is 250 g/mol. The number of piperidine rings is 1. The number of furan rings is 1. The average Bonchev–Trinajstić information content (AvgIpc) is 2.90. The van der Waals surface area contributed by atoms with E-state index in [1.165, 1.54) is 25.8 Å². The Morgan fingerprint density at radius 3 is 3.00 bits per heavy atom. The van der Waals surface area contributed by atoms with E-state index in [0.717, 1.165) is 24.6 Å². The molecule has 3 atom stereocenters. The van der Waals surface area contributed by atoms with E-state index in [9.17, 15) is 0 Å². The molecular formula is C15H26N2O. The lowest BCUT2D eigenvalue weighted by molar-refractivity contribution is 0.0753. The third-order valence-electron chi connectivity index (χ3n) is 4.36. The maximum absolute atomic E-state index is 5.96. The van der Waals surface area contributed by atoms with Crippen molar-refractivity contribution < 1.29 is 4.42 Å². The Labute approximate surface area is 110 Å². The van der Waals surface area contributed by atoms with Crippen LogP contribution in [-0.2, 0) is 6.42 Å². The van der Waals surface area contributed by atoms with Crippen LogP contribution in [0, 0.1) is 5.92 Å². The minimum Gasteiger partial charge on any atom is -0.469 e. The molecule has 1 fully saturated rings. The van der Waals surface area contributed by atoms with Crippen LogP contribution in [-0.4, -0.2) is 30.1 Å². The molecule has 3 heteroatoms. The van der Waals surface area contributed by atoms with E-state index in [0.29, 0.717) is 12.1 Å². The summed E-state index contributed by atoms with van der Waals surface area (Å²) in [6.07, 6.45) is 6.61. The van der Waals surface area contributed by atoms with E-state index in [-0.39, 0.29) is 0 Å². The van der Waals surface area contributed by atoms with Gasteiger partial charge in [-0.1, -0.05) is 13.3 Å². The molecule has 3 unspecified atom stereocenters. The number of nitrogens with two attached hydrogens (primary N) is 1. The molecule has 0 aliphatic carbocycles. The molecule has 1 saturated heterocycles. The van der Waals surface area contributed by atoms with E-state index in [4.69, 9.17) is 10.2 Å². The molecule has 3 nitrogen and oxygen atoms in total. The number of likely N-dealkylation sites (tertiary alicyclic amines) is 1. The maximum atomic E-state index is 5.96. The van der Waals surface area contributed by atoms with Crippen LogP contribution in [0.4, 0.5) is 0 Å². The fraction of sp³-hybridized carbons (Fsp3) is 0.733. The Balaban J connectivity index is 1.94. The van der Waals surface area contributed by atoms with Crippen molar-refractivity contribution in [3.8, 4) is 0 Å². The molecule has 0 radical (unpaired) electrons. The summed E-state index contributed by atoms with van der Waals surface area (Å²) in [5.74, 6) is 1.95. The van der Waals surface area contributed by atoms with Gasteiger partial charge in [0.05, 0.1) is 6.26 Å². The third-order valence-corrected chi connectivity index (χ3v) is 4.36. The highest BCUT2D eigenvalue weighted by molar-refractivity contribution is 5.01. The van der Waals surface area contributed by atoms with Gasteiger partial charge in [0.15, 0.2) is 0 Å². The molecule has 0 spiro atoms. The van der Waals surface area contributed by atoms with Gasteiger partial charge in [-0.15, -0.1) is 0 Å². The molecule has 102 valence electrons. The van der Waals surface area contributed by atoms with Gasteiger partial charge in [-0.05, 0) is 44.4 Å². The SMILES string of the molecule is CCC1CCN(C(C)Cc2ccco2)C(CN)C1. The molecule has 18 heavy (non-hydrogen) atoms. The van der Waals surface area contributed by atoms with Gasteiger partial charge in [0.2, 0.25) is 0 Å². The molecule has 2 N–H and O–H groups in total. The van der Waals surface area contributed by atoms with Gasteiger partial charge in [0.25, 0.3) is 0 Å². The predicted octanol–water partition coefficient (Wildman–Crippen LogP) is 2.66. The molecule has 1 aliphatic heterocycles. The summed E-state index contributed by atoms with van der Waals surface area (Å²) in [7, 11) is 0. The zero-order valence-electron chi connectivity index (χ0n) is 11.6. The number of hydrogen-bond donors (Lipinski definition) is 1. The monoisotopic (exact) mass is 250 g/mol. The molecule has 0 aromatic carbocycles. The van der Waals surface area contributed by atoms with Crippen molar-refractivity contribution in [2.24, 2.45) is 11.7 Å². The van der Waals surface area contributed by atoms with Gasteiger partial charge in [0.1, 0.15) is 5.76 Å². The normalized spacial score (nSPS) is 27.3. The van der Waals surface area contributed by atoms with Crippen molar-refractivity contribution in [3.63, 3.8) is 0 Å². The molecule has 1 aliphatic rings. The van der Waals surface area contributed by atoms with Gasteiger partial charge >= 0.3 is 0 Å². The minimum absolute atomic E-state index is 0.516. The van der Waals surface area contributed by atoms with Crippen molar-refractivity contribution >= 4 is 0 Å². The van der Waals surface area contributed by atoms with Gasteiger partial charge in [-0.3, -0.25) is 4.90 Å². The van der Waals surface area contributed by atoms with Crippen LogP contribution in [0.1, 0.15) is 38.9 Å². The molecular weight excluding hydrogens is 224 g/mol. The van der Waals surface area contributed by atoms with Crippen LogP contribution in [0.5, 0.6) is 0 Å². The molecule has 1 aromatic heterocycles. The van der Waals surface area contributed by atoms with Crippen molar-refractivity contribution in [2.75, 3.05) is 13.1 Å². The lowest BCUT2D eigenvalue weighted by Crippen LogP contribution is -2.51. The van der Waals surface area contributed by atoms with E-state index < -0.39 is 0 Å². The second kappa shape index (κ2) is 6.39. The Morgan fingerprint density at radius 1 is 1.56 bits per heavy atom. The summed E-state index contributed by atoms with van der Waals surface area (Å²) in [6.45, 7) is 6.54. The largest absolute Gasteiger partial charge is 0.469 e. The standard InChI is InChI=1S/C15H26N2O/c1-3-13-6-7-17(14(10-13)11-16)12(2)9-15-5-4-8-18-15/h4-5,8,12-14H,3,6-7,9-11,16H2,1-2H3. The first-order valence-corrected chi connectivity index (χ1v) is 7.22. The van der Waals surface area contributed by atoms with Gasteiger partial charge < -0.3 is 10.2 Å². The Kier molecular flexibility index (Phi) is 4.84. The number of nitrogens with zero attached hydrogens (tertiary/aromatic N) is 1. The van der Waals surface area contributed by atoms with Crippen LogP contribution in [0.25, 0.3) is 0 Å². The highest BCUT2D eigenvalue weighted by Gasteiger charge is 2.29. The fourth-order valence-electron chi connectivity index (χ4n) is 3.17. The molecule has 0 amide bonds. The lowest BCUT2D eigenvalue weighted by atomic mass is 9.87. The van der Waals surface area contributed by atoms with E-state index >= 15 is 0 Å². The smallest absolute Gasteiger partial charge is 0.105 e. The first-order chi connectivity index (χ1) is 8.74. The van der Waals surface area contributed by atoms with Crippen LogP contribution < -0.4 is 5.73 Å². The second-order valence-electron chi connectivity index (χ2n) is 5.56. The fourth-order valence-corrected chi connectivity index (χ4v) is 3.17. The lowest BCUT2D eigenvalue weighted by Gasteiger charge is -2.42. The first kappa shape index (κ1) is 13.6. The molecule has 2 rings (SSSR count). The molecule has 0 saturated carbocycles. The third kappa shape index (κ3) is 3.15. The van der Waals surface area contributed by atoms with Crippen LogP contribution in [0.3, 0.4) is 0 Å². The van der Waals surface area contributed by atoms with E-state index in [1.807, 2.05) is 6.07 Å². The summed E-state index contributed by atoms with van der Waals surface area (Å²) in [5.41, 5.74) is 5.96. The summed E-state index contributed by atoms with van der Waals surface area (Å²) >= 11 is 0. The van der Waals surface area contributed by atoms with E-state index in [1.54, 1.807) is 6.26 Å². The zero-order valence-corrected chi connectivity index (χ0v) is 11.6. The zero-order chi connectivity index (χ0) is 13.0. The predicted molar refractivity (Wildman–Crippen MR) is 74.4 cm³/mol. The maximum Gasteiger partial charge on any atom is 0.105 e. The molecule has 1 aromatic rings. The molecule has 2 heterocycles. The van der Waals surface area contributed by atoms with Gasteiger partial charge in [0, 0.05) is 25.0 Å². The quantitative estimate of drug-likeness (QED) is 0.873. The number of hydrogen-bond acceptors (Lipinski definition) is 3. The Bertz CT molecular complexity index is 336. The second-order valence-corrected chi connectivity index (χ2v) is 5.56. The summed E-state index contributed by atoms with van der Waals surface area (Å²) < 4.78 is 5.45. The highest BCUT2D eigenvalue weighted by atomic mass is 16.3. The Morgan fingerprint density at radius 2 is 2.39 bits per heavy atom. The Hall–Kier alpha value is -0.800. The minimum atomic E-state index is 0.516. The van der Waals surface area contributed by atoms with Crippen LogP contribution in [0.2, 0.25) is 0 Å². The summed E-state index contributed by atoms with van der Waals surface area (Å²) in [5, 5.41) is 0. The van der Waals surface area contributed by atoms with Crippen molar-refractivity contribution in [3.05, 3.63) is 24.2 Å². The summed E-state index contributed by atoms with van der Waals surface area (Å²) in [6, 6.07) is 5.09. The number of rotatable bonds is 5. The van der Waals surface area contributed by atoms with Crippen molar-refractivity contribution in [1.82, 2.24) is 4.90 Å². The van der Waals surface area contributed by atoms with Crippen molar-refractivity contribution in [2.45, 2.75) is 51.6 Å². The topological polar surface area (TPSA) is 42.4 Å². The van der Waals surface area contributed by atoms with Crippen LogP contribution in [0.15, 0.2) is 22.8 Å². The van der Waals surface area contributed by atoms with E-state index in [2.05, 4.69) is 24.8 Å².